The minimum Gasteiger partial charge on any atom is -0.502 e. The summed E-state index contributed by atoms with van der Waals surface area (Å²) < 4.78 is 23.8. The van der Waals surface area contributed by atoms with Crippen molar-refractivity contribution >= 4 is 33.6 Å². The van der Waals surface area contributed by atoms with Crippen molar-refractivity contribution in [1.82, 2.24) is 0 Å². The molecule has 0 aliphatic rings. The molecule has 31 heavy (non-hydrogen) atoms. The van der Waals surface area contributed by atoms with E-state index in [1.807, 2.05) is 30.3 Å². The van der Waals surface area contributed by atoms with Crippen LogP contribution in [0.25, 0.3) is 22.3 Å². The van der Waals surface area contributed by atoms with Crippen LogP contribution in [-0.4, -0.2) is 19.3 Å². The molecule has 6 nitrogen and oxygen atoms in total. The Morgan fingerprint density at radius 3 is 2.29 bits per heavy atom. The van der Waals surface area contributed by atoms with Crippen molar-refractivity contribution in [3.05, 3.63) is 80.0 Å². The molecule has 0 aliphatic heterocycles. The topological polar surface area (TPSA) is 78.1 Å². The predicted molar refractivity (Wildman–Crippen MR) is 126 cm³/mol. The molecular formula is C24H19IO6. The summed E-state index contributed by atoms with van der Waals surface area (Å²) in [6, 6.07) is 18.1. The van der Waals surface area contributed by atoms with Crippen LogP contribution < -0.4 is 19.6 Å². The Kier molecular flexibility index (Phi) is 6.03. The van der Waals surface area contributed by atoms with E-state index in [-0.39, 0.29) is 5.76 Å². The van der Waals surface area contributed by atoms with Gasteiger partial charge in [0.2, 0.25) is 16.9 Å². The van der Waals surface area contributed by atoms with Gasteiger partial charge in [0.05, 0.1) is 19.6 Å². The summed E-state index contributed by atoms with van der Waals surface area (Å²) in [6.45, 7) is 0.321. The zero-order valence-corrected chi connectivity index (χ0v) is 19.0. The van der Waals surface area contributed by atoms with Crippen LogP contribution in [0.4, 0.5) is 0 Å². The van der Waals surface area contributed by atoms with E-state index in [0.717, 1.165) is 9.13 Å². The number of fused-ring (bicyclic) bond motifs is 1. The lowest BCUT2D eigenvalue weighted by molar-refractivity contribution is 0.266. The van der Waals surface area contributed by atoms with Gasteiger partial charge in [0.25, 0.3) is 0 Å². The van der Waals surface area contributed by atoms with Crippen molar-refractivity contribution in [2.45, 2.75) is 6.61 Å². The molecule has 0 spiro atoms. The number of rotatable bonds is 6. The van der Waals surface area contributed by atoms with E-state index in [2.05, 4.69) is 22.6 Å². The lowest BCUT2D eigenvalue weighted by atomic mass is 10.1. The Morgan fingerprint density at radius 1 is 0.968 bits per heavy atom. The van der Waals surface area contributed by atoms with Crippen molar-refractivity contribution in [3.8, 4) is 34.3 Å². The SMILES string of the molecule is COc1cc(-c2oc3cc(I)ccc3c(=O)c2O)cc(OC)c1OCc1ccccc1. The standard InChI is InChI=1S/C24H19IO6/c1-28-19-10-15(11-20(29-2)24(19)30-13-14-6-4-3-5-7-14)23-22(27)21(26)17-9-8-16(25)12-18(17)31-23/h3-12,27H,13H2,1-2H3. The van der Waals surface area contributed by atoms with Crippen LogP contribution in [0.2, 0.25) is 0 Å². The molecule has 0 unspecified atom stereocenters. The van der Waals surface area contributed by atoms with E-state index in [4.69, 9.17) is 18.6 Å². The summed E-state index contributed by atoms with van der Waals surface area (Å²) in [5, 5.41) is 10.9. The Balaban J connectivity index is 1.81. The highest BCUT2D eigenvalue weighted by Crippen LogP contribution is 2.43. The van der Waals surface area contributed by atoms with Crippen molar-refractivity contribution in [2.75, 3.05) is 14.2 Å². The molecule has 1 aromatic heterocycles. The fourth-order valence-electron chi connectivity index (χ4n) is 3.24. The van der Waals surface area contributed by atoms with E-state index in [9.17, 15) is 9.90 Å². The maximum atomic E-state index is 12.7. The molecule has 0 fully saturated rings. The van der Waals surface area contributed by atoms with Crippen LogP contribution in [0.1, 0.15) is 5.56 Å². The second-order valence-electron chi connectivity index (χ2n) is 6.73. The summed E-state index contributed by atoms with van der Waals surface area (Å²) in [5.41, 5.74) is 1.29. The smallest absolute Gasteiger partial charge is 0.235 e. The lowest BCUT2D eigenvalue weighted by Gasteiger charge is -2.16. The van der Waals surface area contributed by atoms with Gasteiger partial charge >= 0.3 is 0 Å². The third kappa shape index (κ3) is 4.18. The second-order valence-corrected chi connectivity index (χ2v) is 7.98. The number of hydrogen-bond donors (Lipinski definition) is 1. The average molecular weight is 530 g/mol. The van der Waals surface area contributed by atoms with Gasteiger partial charge in [-0.1, -0.05) is 30.3 Å². The van der Waals surface area contributed by atoms with Gasteiger partial charge in [-0.15, -0.1) is 0 Å². The fraction of sp³-hybridized carbons (Fsp3) is 0.125. The molecule has 7 heteroatoms. The number of ether oxygens (including phenoxy) is 3. The molecule has 4 rings (SSSR count). The third-order valence-corrected chi connectivity index (χ3v) is 5.45. The molecule has 1 heterocycles. The van der Waals surface area contributed by atoms with Crippen molar-refractivity contribution in [1.29, 1.82) is 0 Å². The highest BCUT2D eigenvalue weighted by atomic mass is 127. The summed E-state index contributed by atoms with van der Waals surface area (Å²) >= 11 is 2.13. The summed E-state index contributed by atoms with van der Waals surface area (Å²) in [7, 11) is 3.01. The number of methoxy groups -OCH3 is 2. The van der Waals surface area contributed by atoms with Crippen molar-refractivity contribution in [2.24, 2.45) is 0 Å². The summed E-state index contributed by atoms with van der Waals surface area (Å²) in [4.78, 5) is 12.7. The Morgan fingerprint density at radius 2 is 1.65 bits per heavy atom. The molecule has 3 aromatic carbocycles. The van der Waals surface area contributed by atoms with E-state index < -0.39 is 11.2 Å². The van der Waals surface area contributed by atoms with Crippen LogP contribution in [0.15, 0.2) is 69.9 Å². The van der Waals surface area contributed by atoms with Gasteiger partial charge in [-0.25, -0.2) is 0 Å². The zero-order chi connectivity index (χ0) is 22.0. The normalized spacial score (nSPS) is 10.8. The molecular weight excluding hydrogens is 511 g/mol. The van der Waals surface area contributed by atoms with Crippen LogP contribution in [0.5, 0.6) is 23.0 Å². The van der Waals surface area contributed by atoms with E-state index in [1.54, 1.807) is 30.3 Å². The van der Waals surface area contributed by atoms with Gasteiger partial charge in [-0.2, -0.15) is 0 Å². The molecule has 0 saturated heterocycles. The quantitative estimate of drug-likeness (QED) is 0.338. The average Bonchev–Trinajstić information content (AvgIpc) is 2.80. The molecule has 4 aromatic rings. The van der Waals surface area contributed by atoms with Crippen molar-refractivity contribution < 1.29 is 23.7 Å². The molecule has 0 bridgehead atoms. The molecule has 1 N–H and O–H groups in total. The molecule has 0 aliphatic carbocycles. The third-order valence-electron chi connectivity index (χ3n) is 4.78. The van der Waals surface area contributed by atoms with Gasteiger partial charge in [-0.05, 0) is 58.5 Å². The van der Waals surface area contributed by atoms with Gasteiger partial charge in [0.15, 0.2) is 17.3 Å². The Labute approximate surface area is 192 Å². The first kappa shape index (κ1) is 21.0. The highest BCUT2D eigenvalue weighted by Gasteiger charge is 2.21. The lowest BCUT2D eigenvalue weighted by Crippen LogP contribution is -2.04. The van der Waals surface area contributed by atoms with Gasteiger partial charge < -0.3 is 23.7 Å². The molecule has 158 valence electrons. The summed E-state index contributed by atoms with van der Waals surface area (Å²) in [5.74, 6) is 0.737. The Hall–Kier alpha value is -3.20. The number of benzene rings is 3. The molecule has 0 radical (unpaired) electrons. The molecule has 0 saturated carbocycles. The number of hydrogen-bond acceptors (Lipinski definition) is 6. The van der Waals surface area contributed by atoms with Crippen LogP contribution in [0.3, 0.4) is 0 Å². The van der Waals surface area contributed by atoms with E-state index in [0.29, 0.717) is 40.4 Å². The van der Waals surface area contributed by atoms with E-state index in [1.165, 1.54) is 14.2 Å². The zero-order valence-electron chi connectivity index (χ0n) is 16.8. The van der Waals surface area contributed by atoms with Crippen LogP contribution >= 0.6 is 22.6 Å². The Bertz CT molecular complexity index is 1270. The fourth-order valence-corrected chi connectivity index (χ4v) is 3.70. The summed E-state index contributed by atoms with van der Waals surface area (Å²) in [6.07, 6.45) is 0. The maximum absolute atomic E-state index is 12.7. The van der Waals surface area contributed by atoms with E-state index >= 15 is 0 Å². The van der Waals surface area contributed by atoms with Crippen LogP contribution in [0, 0.1) is 3.57 Å². The maximum Gasteiger partial charge on any atom is 0.235 e. The molecule has 0 amide bonds. The first-order chi connectivity index (χ1) is 15.0. The molecule has 0 atom stereocenters. The van der Waals surface area contributed by atoms with Crippen LogP contribution in [-0.2, 0) is 6.61 Å². The monoisotopic (exact) mass is 530 g/mol. The minimum absolute atomic E-state index is 0.0331. The van der Waals surface area contributed by atoms with Gasteiger partial charge in [0.1, 0.15) is 12.2 Å². The first-order valence-electron chi connectivity index (χ1n) is 9.40. The predicted octanol–water partition coefficient (Wildman–Crippen LogP) is 5.37. The van der Waals surface area contributed by atoms with Gasteiger partial charge in [-0.3, -0.25) is 4.79 Å². The van der Waals surface area contributed by atoms with Crippen molar-refractivity contribution in [3.63, 3.8) is 0 Å². The second kappa shape index (κ2) is 8.89. The first-order valence-corrected chi connectivity index (χ1v) is 10.5. The minimum atomic E-state index is -0.505. The largest absolute Gasteiger partial charge is 0.502 e. The highest BCUT2D eigenvalue weighted by molar-refractivity contribution is 14.1. The number of aromatic hydroxyl groups is 1. The number of halogens is 1. The van der Waals surface area contributed by atoms with Gasteiger partial charge in [0, 0.05) is 9.13 Å².